The normalized spacial score (nSPS) is 11.9. The van der Waals surface area contributed by atoms with Crippen molar-refractivity contribution in [2.75, 3.05) is 22.9 Å². The van der Waals surface area contributed by atoms with E-state index in [-0.39, 0.29) is 15.7 Å². The van der Waals surface area contributed by atoms with E-state index in [9.17, 15) is 25.9 Å². The molecule has 0 aliphatic rings. The van der Waals surface area contributed by atoms with E-state index < -0.39 is 20.2 Å². The minimum absolute atomic E-state index is 0.0302. The number of rotatable bonds is 13. The monoisotopic (exact) mass is 684 g/mol. The Bertz CT molecular complexity index is 1950. The van der Waals surface area contributed by atoms with Crippen LogP contribution in [0.3, 0.4) is 0 Å². The molecule has 0 spiro atoms. The number of nitrogens with zero attached hydrogens (tertiary/aromatic N) is 2. The smallest absolute Gasteiger partial charge is 0.294 e. The van der Waals surface area contributed by atoms with E-state index in [0.29, 0.717) is 26.2 Å². The highest BCUT2D eigenvalue weighted by Crippen LogP contribution is 2.36. The lowest BCUT2D eigenvalue weighted by Gasteiger charge is -2.26. The zero-order valence-corrected chi connectivity index (χ0v) is 28.8. The van der Waals surface area contributed by atoms with Gasteiger partial charge in [-0.25, -0.2) is 0 Å². The quantitative estimate of drug-likeness (QED) is 0.0957. The summed E-state index contributed by atoms with van der Waals surface area (Å²) in [5, 5.41) is 0. The van der Waals surface area contributed by atoms with Gasteiger partial charge < -0.3 is 9.80 Å². The van der Waals surface area contributed by atoms with Crippen molar-refractivity contribution >= 4 is 31.6 Å². The first kappa shape index (κ1) is 34.8. The molecule has 10 heteroatoms. The molecule has 0 aliphatic carbocycles. The van der Waals surface area contributed by atoms with Gasteiger partial charge in [0.2, 0.25) is 0 Å². The Hall–Kier alpha value is -4.48. The Morgan fingerprint density at radius 1 is 0.562 bits per heavy atom. The van der Waals surface area contributed by atoms with Gasteiger partial charge in [-0.15, -0.1) is 0 Å². The van der Waals surface area contributed by atoms with Crippen LogP contribution >= 0.6 is 0 Å². The fourth-order valence-corrected chi connectivity index (χ4v) is 7.14. The summed E-state index contributed by atoms with van der Waals surface area (Å²) in [4.78, 5) is 4.06. The van der Waals surface area contributed by atoms with E-state index in [2.05, 4.69) is 83.5 Å². The highest BCUT2D eigenvalue weighted by molar-refractivity contribution is 7.86. The third-order valence-electron chi connectivity index (χ3n) is 8.59. The lowest BCUT2D eigenvalue weighted by molar-refractivity contribution is 0.481. The van der Waals surface area contributed by atoms with E-state index in [1.807, 2.05) is 32.0 Å². The summed E-state index contributed by atoms with van der Waals surface area (Å²) in [5.41, 5.74) is 8.17. The Balaban J connectivity index is 1.42. The molecule has 5 aromatic carbocycles. The number of anilines is 2. The van der Waals surface area contributed by atoms with Crippen LogP contribution in [0, 0.1) is 6.92 Å². The topological polar surface area (TPSA) is 115 Å². The van der Waals surface area contributed by atoms with Crippen molar-refractivity contribution in [2.24, 2.45) is 0 Å². The molecule has 2 N–H and O–H groups in total. The molecule has 0 aliphatic heterocycles. The molecule has 0 fully saturated rings. The summed E-state index contributed by atoms with van der Waals surface area (Å²) >= 11 is 0. The Kier molecular flexibility index (Phi) is 10.7. The molecule has 48 heavy (non-hydrogen) atoms. The van der Waals surface area contributed by atoms with Crippen LogP contribution in [0.25, 0.3) is 0 Å². The molecule has 0 saturated carbocycles. The Morgan fingerprint density at radius 2 is 0.979 bits per heavy atom. The fourth-order valence-electron chi connectivity index (χ4n) is 6.04. The van der Waals surface area contributed by atoms with Gasteiger partial charge in [0.15, 0.2) is 0 Å². The van der Waals surface area contributed by atoms with Crippen LogP contribution in [0.1, 0.15) is 53.1 Å². The van der Waals surface area contributed by atoms with Crippen molar-refractivity contribution < 1.29 is 25.9 Å². The van der Waals surface area contributed by atoms with E-state index in [1.165, 1.54) is 35.4 Å². The third-order valence-corrected chi connectivity index (χ3v) is 10.3. The number of hydrogen-bond acceptors (Lipinski definition) is 6. The second kappa shape index (κ2) is 14.7. The summed E-state index contributed by atoms with van der Waals surface area (Å²) in [6.07, 6.45) is 0. The van der Waals surface area contributed by atoms with Gasteiger partial charge in [-0.3, -0.25) is 9.11 Å². The van der Waals surface area contributed by atoms with Crippen molar-refractivity contribution in [1.29, 1.82) is 0 Å². The minimum atomic E-state index is -4.28. The van der Waals surface area contributed by atoms with Gasteiger partial charge in [-0.1, -0.05) is 72.8 Å². The molecular formula is C38H40N2O6S2. The second-order valence-corrected chi connectivity index (χ2v) is 14.6. The predicted molar refractivity (Wildman–Crippen MR) is 191 cm³/mol. The van der Waals surface area contributed by atoms with Crippen LogP contribution < -0.4 is 9.80 Å². The van der Waals surface area contributed by atoms with Gasteiger partial charge in [0, 0.05) is 43.5 Å². The van der Waals surface area contributed by atoms with Crippen molar-refractivity contribution in [1.82, 2.24) is 0 Å². The van der Waals surface area contributed by atoms with E-state index >= 15 is 0 Å². The van der Waals surface area contributed by atoms with Crippen molar-refractivity contribution in [2.45, 2.75) is 49.6 Å². The molecule has 5 aromatic rings. The second-order valence-electron chi connectivity index (χ2n) is 11.7. The molecule has 0 bridgehead atoms. The Labute approximate surface area is 283 Å². The fraction of sp³-hybridized carbons (Fsp3) is 0.211. The number of aryl methyl sites for hydroxylation is 1. The molecule has 8 nitrogen and oxygen atoms in total. The molecule has 0 amide bonds. The van der Waals surface area contributed by atoms with Crippen LogP contribution in [0.4, 0.5) is 11.4 Å². The van der Waals surface area contributed by atoms with Crippen LogP contribution in [0.2, 0.25) is 0 Å². The molecule has 0 radical (unpaired) electrons. The number of benzene rings is 5. The van der Waals surface area contributed by atoms with Crippen molar-refractivity contribution in [3.8, 4) is 0 Å². The SMILES string of the molecule is CCN(Cc1cccc(S(=O)(=O)O)c1)c1ccc(C(c2ccc(N(CC)Cc3cccc(S(=O)(=O)O)c3)cc2)c2ccccc2C)cc1. The molecule has 0 atom stereocenters. The van der Waals surface area contributed by atoms with E-state index in [0.717, 1.165) is 33.6 Å². The van der Waals surface area contributed by atoms with Gasteiger partial charge in [0.05, 0.1) is 9.79 Å². The summed E-state index contributed by atoms with van der Waals surface area (Å²) in [7, 11) is -8.57. The maximum Gasteiger partial charge on any atom is 0.294 e. The van der Waals surface area contributed by atoms with Gasteiger partial charge in [0.1, 0.15) is 0 Å². The van der Waals surface area contributed by atoms with E-state index in [1.54, 1.807) is 12.1 Å². The first-order valence-corrected chi connectivity index (χ1v) is 18.6. The highest BCUT2D eigenvalue weighted by Gasteiger charge is 2.20. The van der Waals surface area contributed by atoms with Crippen molar-refractivity contribution in [3.63, 3.8) is 0 Å². The van der Waals surface area contributed by atoms with Crippen LogP contribution in [-0.2, 0) is 33.3 Å². The minimum Gasteiger partial charge on any atom is -0.367 e. The summed E-state index contributed by atoms with van der Waals surface area (Å²) in [6, 6.07) is 38.0. The first-order chi connectivity index (χ1) is 22.9. The molecule has 0 aromatic heterocycles. The van der Waals surface area contributed by atoms with Crippen LogP contribution in [0.5, 0.6) is 0 Å². The van der Waals surface area contributed by atoms with Gasteiger partial charge >= 0.3 is 0 Å². The van der Waals surface area contributed by atoms with Crippen LogP contribution in [-0.4, -0.2) is 39.0 Å². The first-order valence-electron chi connectivity index (χ1n) is 15.8. The molecule has 5 rings (SSSR count). The summed E-state index contributed by atoms with van der Waals surface area (Å²) < 4.78 is 65.6. The van der Waals surface area contributed by atoms with Gasteiger partial charge in [-0.2, -0.15) is 16.8 Å². The van der Waals surface area contributed by atoms with Crippen LogP contribution in [0.15, 0.2) is 131 Å². The predicted octanol–water partition coefficient (Wildman–Crippen LogP) is 7.72. The van der Waals surface area contributed by atoms with Crippen molar-refractivity contribution in [3.05, 3.63) is 155 Å². The number of hydrogen-bond donors (Lipinski definition) is 2. The molecule has 0 unspecified atom stereocenters. The lowest BCUT2D eigenvalue weighted by atomic mass is 9.83. The Morgan fingerprint density at radius 3 is 1.35 bits per heavy atom. The van der Waals surface area contributed by atoms with E-state index in [4.69, 9.17) is 0 Å². The maximum atomic E-state index is 11.7. The zero-order chi connectivity index (χ0) is 34.5. The van der Waals surface area contributed by atoms with Gasteiger partial charge in [-0.05, 0) is 103 Å². The average Bonchev–Trinajstić information content (AvgIpc) is 3.07. The largest absolute Gasteiger partial charge is 0.367 e. The lowest BCUT2D eigenvalue weighted by Crippen LogP contribution is -2.22. The molecule has 0 heterocycles. The standard InChI is InChI=1S/C38H40N2O6S2/c1-4-39(26-29-11-8-13-35(24-29)47(41,42)43)33-20-16-31(17-21-33)38(37-15-7-6-10-28(37)3)32-18-22-34(23-19-32)40(5-2)27-30-12-9-14-36(25-30)48(44,45)46/h6-25,38H,4-5,26-27H2,1-3H3,(H,41,42,43)(H,44,45,46). The zero-order valence-electron chi connectivity index (χ0n) is 27.2. The van der Waals surface area contributed by atoms with Gasteiger partial charge in [0.25, 0.3) is 20.2 Å². The molecule has 0 saturated heterocycles. The summed E-state index contributed by atoms with van der Waals surface area (Å²) in [6.45, 7) is 8.57. The maximum absolute atomic E-state index is 11.7. The molecular weight excluding hydrogens is 645 g/mol. The summed E-state index contributed by atoms with van der Waals surface area (Å²) in [5.74, 6) is -0.0302. The highest BCUT2D eigenvalue weighted by atomic mass is 32.2. The average molecular weight is 685 g/mol. The third kappa shape index (κ3) is 8.32. The molecule has 250 valence electrons.